The van der Waals surface area contributed by atoms with Crippen LogP contribution in [0, 0.1) is 6.92 Å². The van der Waals surface area contributed by atoms with E-state index in [0.717, 1.165) is 44.2 Å². The van der Waals surface area contributed by atoms with Crippen LogP contribution in [-0.4, -0.2) is 39.8 Å². The lowest BCUT2D eigenvalue weighted by Gasteiger charge is -2.30. The third kappa shape index (κ3) is 3.27. The Morgan fingerprint density at radius 3 is 2.92 bits per heavy atom. The lowest BCUT2D eigenvalue weighted by atomic mass is 9.95. The topological polar surface area (TPSA) is 69.7 Å². The minimum absolute atomic E-state index is 0.441. The number of piperidine rings is 1. The lowest BCUT2D eigenvalue weighted by Crippen LogP contribution is -2.32. The number of nitrogens with one attached hydrogen (secondary N) is 2. The Kier molecular flexibility index (Phi) is 4.46. The Labute approximate surface area is 149 Å². The van der Waals surface area contributed by atoms with Gasteiger partial charge in [-0.1, -0.05) is 13.8 Å². The maximum Gasteiger partial charge on any atom is 0.132 e. The van der Waals surface area contributed by atoms with E-state index in [4.69, 9.17) is 9.97 Å². The molecule has 0 saturated carbocycles. The SMILES string of the molecule is Cc1nc(C2CCCNC2)cc(N2CCc3[nH]nc(C(C)C)c3C2)n1. The molecule has 1 saturated heterocycles. The summed E-state index contributed by atoms with van der Waals surface area (Å²) < 4.78 is 0. The number of aromatic nitrogens is 4. The molecule has 0 amide bonds. The van der Waals surface area contributed by atoms with E-state index in [2.05, 4.69) is 40.3 Å². The molecule has 2 aromatic heterocycles. The summed E-state index contributed by atoms with van der Waals surface area (Å²) in [7, 11) is 0. The first-order valence-electron chi connectivity index (χ1n) is 9.49. The van der Waals surface area contributed by atoms with E-state index in [0.29, 0.717) is 11.8 Å². The van der Waals surface area contributed by atoms with Crippen LogP contribution in [0.1, 0.15) is 67.0 Å². The standard InChI is InChI=1S/C19H28N6/c1-12(2)19-15-11-25(8-6-16(15)23-24-19)18-9-17(21-13(3)22-18)14-5-4-7-20-10-14/h9,12,14,20H,4-8,10-11H2,1-3H3,(H,23,24). The molecule has 4 heterocycles. The maximum absolute atomic E-state index is 4.75. The van der Waals surface area contributed by atoms with Gasteiger partial charge in [0, 0.05) is 49.3 Å². The first kappa shape index (κ1) is 16.5. The van der Waals surface area contributed by atoms with Gasteiger partial charge in [0.2, 0.25) is 0 Å². The highest BCUT2D eigenvalue weighted by molar-refractivity contribution is 5.45. The van der Waals surface area contributed by atoms with Crippen molar-refractivity contribution in [3.63, 3.8) is 0 Å². The summed E-state index contributed by atoms with van der Waals surface area (Å²) in [6.07, 6.45) is 3.44. The van der Waals surface area contributed by atoms with Crippen molar-refractivity contribution < 1.29 is 0 Å². The zero-order chi connectivity index (χ0) is 17.4. The normalized spacial score (nSPS) is 20.8. The predicted molar refractivity (Wildman–Crippen MR) is 99.0 cm³/mol. The van der Waals surface area contributed by atoms with Gasteiger partial charge < -0.3 is 10.2 Å². The van der Waals surface area contributed by atoms with Crippen LogP contribution in [0.25, 0.3) is 0 Å². The van der Waals surface area contributed by atoms with E-state index in [1.807, 2.05) is 6.92 Å². The Hall–Kier alpha value is -1.95. The molecule has 0 aliphatic carbocycles. The minimum Gasteiger partial charge on any atom is -0.352 e. The molecule has 2 aliphatic rings. The number of nitrogens with zero attached hydrogens (tertiary/aromatic N) is 4. The molecule has 4 rings (SSSR count). The third-order valence-electron chi connectivity index (χ3n) is 5.40. The highest BCUT2D eigenvalue weighted by Gasteiger charge is 2.25. The number of aromatic amines is 1. The van der Waals surface area contributed by atoms with E-state index in [1.54, 1.807) is 0 Å². The molecule has 2 aliphatic heterocycles. The molecule has 0 spiro atoms. The summed E-state index contributed by atoms with van der Waals surface area (Å²) in [6.45, 7) is 10.4. The Bertz CT molecular complexity index is 744. The minimum atomic E-state index is 0.441. The van der Waals surface area contributed by atoms with E-state index in [-0.39, 0.29) is 0 Å². The summed E-state index contributed by atoms with van der Waals surface area (Å²) in [4.78, 5) is 11.9. The van der Waals surface area contributed by atoms with Gasteiger partial charge in [-0.15, -0.1) is 0 Å². The van der Waals surface area contributed by atoms with E-state index >= 15 is 0 Å². The molecule has 6 heteroatoms. The molecule has 0 aromatic carbocycles. The molecule has 6 nitrogen and oxygen atoms in total. The van der Waals surface area contributed by atoms with Crippen molar-refractivity contribution in [3.05, 3.63) is 34.5 Å². The van der Waals surface area contributed by atoms with Gasteiger partial charge in [0.05, 0.1) is 11.4 Å². The number of anilines is 1. The highest BCUT2D eigenvalue weighted by atomic mass is 15.2. The number of hydrogen-bond donors (Lipinski definition) is 2. The first-order chi connectivity index (χ1) is 12.1. The molecular formula is C19H28N6. The van der Waals surface area contributed by atoms with Gasteiger partial charge in [0.15, 0.2) is 0 Å². The smallest absolute Gasteiger partial charge is 0.132 e. The zero-order valence-electron chi connectivity index (χ0n) is 15.5. The van der Waals surface area contributed by atoms with Crippen LogP contribution in [0.4, 0.5) is 5.82 Å². The van der Waals surface area contributed by atoms with Gasteiger partial charge in [-0.2, -0.15) is 5.10 Å². The predicted octanol–water partition coefficient (Wildman–Crippen LogP) is 2.66. The van der Waals surface area contributed by atoms with Gasteiger partial charge in [-0.25, -0.2) is 9.97 Å². The van der Waals surface area contributed by atoms with Crippen molar-refractivity contribution in [2.75, 3.05) is 24.5 Å². The molecule has 0 bridgehead atoms. The van der Waals surface area contributed by atoms with Gasteiger partial charge in [0.1, 0.15) is 11.6 Å². The molecule has 1 atom stereocenters. The van der Waals surface area contributed by atoms with E-state index in [1.165, 1.54) is 35.5 Å². The largest absolute Gasteiger partial charge is 0.352 e. The molecule has 134 valence electrons. The highest BCUT2D eigenvalue weighted by Crippen LogP contribution is 2.30. The maximum atomic E-state index is 4.75. The van der Waals surface area contributed by atoms with Crippen LogP contribution in [0.15, 0.2) is 6.07 Å². The second kappa shape index (κ2) is 6.75. The molecule has 0 radical (unpaired) electrons. The van der Waals surface area contributed by atoms with Crippen molar-refractivity contribution in [1.29, 1.82) is 0 Å². The number of fused-ring (bicyclic) bond motifs is 1. The van der Waals surface area contributed by atoms with Crippen LogP contribution in [0.5, 0.6) is 0 Å². The quantitative estimate of drug-likeness (QED) is 0.899. The number of hydrogen-bond acceptors (Lipinski definition) is 5. The average Bonchev–Trinajstić information content (AvgIpc) is 3.05. The second-order valence-electron chi connectivity index (χ2n) is 7.63. The van der Waals surface area contributed by atoms with Gasteiger partial charge in [-0.05, 0) is 32.2 Å². The summed E-state index contributed by atoms with van der Waals surface area (Å²) in [5, 5.41) is 11.3. The van der Waals surface area contributed by atoms with Crippen molar-refractivity contribution in [1.82, 2.24) is 25.5 Å². The van der Waals surface area contributed by atoms with E-state index < -0.39 is 0 Å². The Morgan fingerprint density at radius 2 is 2.16 bits per heavy atom. The fourth-order valence-corrected chi connectivity index (χ4v) is 4.04. The summed E-state index contributed by atoms with van der Waals surface area (Å²) in [5.74, 6) is 2.89. The van der Waals surface area contributed by atoms with Crippen LogP contribution >= 0.6 is 0 Å². The molecule has 25 heavy (non-hydrogen) atoms. The Morgan fingerprint density at radius 1 is 1.28 bits per heavy atom. The molecule has 2 aromatic rings. The van der Waals surface area contributed by atoms with Gasteiger partial charge >= 0.3 is 0 Å². The van der Waals surface area contributed by atoms with Crippen LogP contribution in [0.3, 0.4) is 0 Å². The second-order valence-corrected chi connectivity index (χ2v) is 7.63. The summed E-state index contributed by atoms with van der Waals surface area (Å²) >= 11 is 0. The molecule has 1 fully saturated rings. The van der Waals surface area contributed by atoms with Crippen molar-refractivity contribution in [2.24, 2.45) is 0 Å². The van der Waals surface area contributed by atoms with E-state index in [9.17, 15) is 0 Å². The third-order valence-corrected chi connectivity index (χ3v) is 5.40. The van der Waals surface area contributed by atoms with Crippen molar-refractivity contribution in [2.45, 2.75) is 58.4 Å². The van der Waals surface area contributed by atoms with Crippen LogP contribution < -0.4 is 10.2 Å². The van der Waals surface area contributed by atoms with Gasteiger partial charge in [-0.3, -0.25) is 5.10 Å². The Balaban J connectivity index is 1.61. The number of H-pyrrole nitrogens is 1. The van der Waals surface area contributed by atoms with Crippen LogP contribution in [0.2, 0.25) is 0 Å². The van der Waals surface area contributed by atoms with Crippen LogP contribution in [-0.2, 0) is 13.0 Å². The molecule has 2 N–H and O–H groups in total. The zero-order valence-corrected chi connectivity index (χ0v) is 15.5. The van der Waals surface area contributed by atoms with Gasteiger partial charge in [0.25, 0.3) is 0 Å². The number of aryl methyl sites for hydroxylation is 1. The molecule has 1 unspecified atom stereocenters. The number of rotatable bonds is 3. The first-order valence-corrected chi connectivity index (χ1v) is 9.49. The average molecular weight is 340 g/mol. The summed E-state index contributed by atoms with van der Waals surface area (Å²) in [6, 6.07) is 2.21. The fourth-order valence-electron chi connectivity index (χ4n) is 4.04. The molecular weight excluding hydrogens is 312 g/mol. The van der Waals surface area contributed by atoms with Crippen molar-refractivity contribution in [3.8, 4) is 0 Å². The lowest BCUT2D eigenvalue weighted by molar-refractivity contribution is 0.453. The monoisotopic (exact) mass is 340 g/mol. The summed E-state index contributed by atoms with van der Waals surface area (Å²) in [5.41, 5.74) is 5.04. The fraction of sp³-hybridized carbons (Fsp3) is 0.632. The van der Waals surface area contributed by atoms with Crippen molar-refractivity contribution >= 4 is 5.82 Å².